The van der Waals surface area contributed by atoms with E-state index in [0.717, 1.165) is 28.7 Å². The van der Waals surface area contributed by atoms with Crippen molar-refractivity contribution in [2.45, 2.75) is 37.8 Å². The van der Waals surface area contributed by atoms with Gasteiger partial charge < -0.3 is 5.32 Å². The van der Waals surface area contributed by atoms with Crippen LogP contribution < -0.4 is 10.6 Å². The number of imide groups is 1. The number of hydrogen-bond donors (Lipinski definition) is 2. The van der Waals surface area contributed by atoms with E-state index in [-0.39, 0.29) is 23.8 Å². The van der Waals surface area contributed by atoms with Crippen LogP contribution in [-0.4, -0.2) is 35.2 Å². The van der Waals surface area contributed by atoms with Gasteiger partial charge in [0.2, 0.25) is 17.7 Å². The fraction of sp³-hybridized carbons (Fsp3) is 0.300. The molecule has 3 heterocycles. The summed E-state index contributed by atoms with van der Waals surface area (Å²) in [5.41, 5.74) is 3.47. The van der Waals surface area contributed by atoms with Gasteiger partial charge in [-0.05, 0) is 42.0 Å². The fourth-order valence-electron chi connectivity index (χ4n) is 6.28. The van der Waals surface area contributed by atoms with Gasteiger partial charge in [0.15, 0.2) is 0 Å². The van der Waals surface area contributed by atoms with Gasteiger partial charge in [-0.15, -0.1) is 0 Å². The van der Waals surface area contributed by atoms with E-state index in [2.05, 4.69) is 17.6 Å². The summed E-state index contributed by atoms with van der Waals surface area (Å²) in [7, 11) is 0. The van der Waals surface area contributed by atoms with Crippen LogP contribution in [0.4, 0.5) is 5.69 Å². The first-order valence-corrected chi connectivity index (χ1v) is 12.7. The highest BCUT2D eigenvalue weighted by atomic mass is 16.2. The largest absolute Gasteiger partial charge is 0.324 e. The highest BCUT2D eigenvalue weighted by Crippen LogP contribution is 2.53. The number of benzene rings is 3. The molecule has 36 heavy (non-hydrogen) atoms. The summed E-state index contributed by atoms with van der Waals surface area (Å²) in [6.45, 7) is 2.38. The molecule has 0 unspecified atom stereocenters. The Hall–Kier alpha value is -3.77. The Labute approximate surface area is 210 Å². The number of rotatable bonds is 6. The fourth-order valence-corrected chi connectivity index (χ4v) is 6.28. The van der Waals surface area contributed by atoms with Crippen molar-refractivity contribution in [3.8, 4) is 0 Å². The molecule has 0 aliphatic carbocycles. The number of nitrogens with zero attached hydrogens (tertiary/aromatic N) is 1. The second-order valence-corrected chi connectivity index (χ2v) is 10.0. The Morgan fingerprint density at radius 1 is 0.833 bits per heavy atom. The number of hydrogen-bond acceptors (Lipinski definition) is 4. The van der Waals surface area contributed by atoms with Crippen LogP contribution in [-0.2, 0) is 39.2 Å². The molecule has 4 atom stereocenters. The zero-order valence-corrected chi connectivity index (χ0v) is 20.2. The number of amides is 3. The zero-order valence-electron chi connectivity index (χ0n) is 20.2. The topological polar surface area (TPSA) is 78.5 Å². The van der Waals surface area contributed by atoms with Crippen molar-refractivity contribution in [1.82, 2.24) is 10.2 Å². The minimum atomic E-state index is -1.25. The summed E-state index contributed by atoms with van der Waals surface area (Å²) in [6, 6.07) is 25.4. The van der Waals surface area contributed by atoms with E-state index in [1.807, 2.05) is 78.9 Å². The van der Waals surface area contributed by atoms with Crippen molar-refractivity contribution in [3.05, 3.63) is 101 Å². The molecular weight excluding hydrogens is 450 g/mol. The highest BCUT2D eigenvalue weighted by Gasteiger charge is 2.70. The summed E-state index contributed by atoms with van der Waals surface area (Å²) >= 11 is 0. The number of likely N-dealkylation sites (tertiary alicyclic amines) is 1. The minimum Gasteiger partial charge on any atom is -0.324 e. The molecule has 3 aromatic carbocycles. The first kappa shape index (κ1) is 22.7. The smallest absolute Gasteiger partial charge is 0.250 e. The SMILES string of the molecule is CCc1ccc2c(c1)[C@@]1(N[C@H](Cc3ccccc3)[C@H]3C(=O)N(CCc4ccccc4)C(=O)[C@@H]31)C(=O)N2. The molecule has 6 nitrogen and oxygen atoms in total. The van der Waals surface area contributed by atoms with Crippen LogP contribution in [0.15, 0.2) is 78.9 Å². The van der Waals surface area contributed by atoms with Crippen molar-refractivity contribution in [1.29, 1.82) is 0 Å². The third-order valence-electron chi connectivity index (χ3n) is 8.04. The van der Waals surface area contributed by atoms with Gasteiger partial charge in [0.25, 0.3) is 0 Å². The molecule has 0 saturated carbocycles. The molecule has 3 amide bonds. The van der Waals surface area contributed by atoms with Crippen LogP contribution in [0.3, 0.4) is 0 Å². The van der Waals surface area contributed by atoms with Gasteiger partial charge in [0.05, 0.1) is 11.8 Å². The number of carbonyl (C=O) groups excluding carboxylic acids is 3. The average Bonchev–Trinajstić information content (AvgIpc) is 3.48. The van der Waals surface area contributed by atoms with Crippen LogP contribution in [0.1, 0.15) is 29.2 Å². The van der Waals surface area contributed by atoms with Crippen molar-refractivity contribution >= 4 is 23.4 Å². The molecule has 0 radical (unpaired) electrons. The van der Waals surface area contributed by atoms with Gasteiger partial charge in [-0.2, -0.15) is 0 Å². The average molecular weight is 480 g/mol. The van der Waals surface area contributed by atoms with E-state index in [1.165, 1.54) is 4.90 Å². The Morgan fingerprint density at radius 3 is 2.22 bits per heavy atom. The van der Waals surface area contributed by atoms with Gasteiger partial charge >= 0.3 is 0 Å². The predicted octanol–water partition coefficient (Wildman–Crippen LogP) is 3.45. The molecule has 6 heteroatoms. The van der Waals surface area contributed by atoms with E-state index in [0.29, 0.717) is 25.1 Å². The molecule has 182 valence electrons. The number of aryl methyl sites for hydroxylation is 1. The summed E-state index contributed by atoms with van der Waals surface area (Å²) in [5.74, 6) is -2.06. The molecule has 3 aromatic rings. The van der Waals surface area contributed by atoms with E-state index >= 15 is 0 Å². The Morgan fingerprint density at radius 2 is 1.53 bits per heavy atom. The summed E-state index contributed by atoms with van der Waals surface area (Å²) in [6.07, 6.45) is 1.96. The Balaban J connectivity index is 1.41. The highest BCUT2D eigenvalue weighted by molar-refractivity contribution is 6.15. The molecule has 3 aliphatic heterocycles. The van der Waals surface area contributed by atoms with Crippen molar-refractivity contribution < 1.29 is 14.4 Å². The second-order valence-electron chi connectivity index (χ2n) is 10.0. The molecule has 2 fully saturated rings. The molecule has 1 spiro atoms. The van der Waals surface area contributed by atoms with Crippen LogP contribution in [0.25, 0.3) is 0 Å². The third kappa shape index (κ3) is 3.39. The number of fused-ring (bicyclic) bond motifs is 4. The maximum Gasteiger partial charge on any atom is 0.250 e. The monoisotopic (exact) mass is 479 g/mol. The van der Waals surface area contributed by atoms with Crippen LogP contribution in [0, 0.1) is 11.8 Å². The standard InChI is InChI=1S/C30H29N3O3/c1-2-19-13-14-23-22(17-19)30(29(36)31-23)26-25(24(32-30)18-21-11-7-4-8-12-21)27(34)33(28(26)35)16-15-20-9-5-3-6-10-20/h3-14,17,24-26,32H,2,15-16,18H2,1H3,(H,31,36)/t24-,25-,26-,30+/m1/s1. The molecule has 0 aromatic heterocycles. The second kappa shape index (κ2) is 8.71. The molecule has 2 N–H and O–H groups in total. The summed E-state index contributed by atoms with van der Waals surface area (Å²) in [5, 5.41) is 6.55. The van der Waals surface area contributed by atoms with Crippen LogP contribution in [0.5, 0.6) is 0 Å². The van der Waals surface area contributed by atoms with Crippen molar-refractivity contribution in [2.75, 3.05) is 11.9 Å². The van der Waals surface area contributed by atoms with E-state index in [1.54, 1.807) is 0 Å². The van der Waals surface area contributed by atoms with Crippen molar-refractivity contribution in [3.63, 3.8) is 0 Å². The quantitative estimate of drug-likeness (QED) is 0.531. The lowest BCUT2D eigenvalue weighted by Gasteiger charge is -2.30. The van der Waals surface area contributed by atoms with E-state index in [9.17, 15) is 14.4 Å². The first-order valence-electron chi connectivity index (χ1n) is 12.7. The summed E-state index contributed by atoms with van der Waals surface area (Å²) < 4.78 is 0. The minimum absolute atomic E-state index is 0.181. The Kier molecular flexibility index (Phi) is 5.49. The molecule has 6 rings (SSSR count). The lowest BCUT2D eigenvalue weighted by atomic mass is 9.76. The molecular formula is C30H29N3O3. The molecule has 2 saturated heterocycles. The lowest BCUT2D eigenvalue weighted by Crippen LogP contribution is -2.53. The molecule has 0 bridgehead atoms. The van der Waals surface area contributed by atoms with Gasteiger partial charge in [-0.3, -0.25) is 24.6 Å². The van der Waals surface area contributed by atoms with Crippen molar-refractivity contribution in [2.24, 2.45) is 11.8 Å². The molecule has 3 aliphatic rings. The van der Waals surface area contributed by atoms with Gasteiger partial charge in [-0.1, -0.05) is 79.7 Å². The first-order chi connectivity index (χ1) is 17.5. The maximum atomic E-state index is 14.0. The third-order valence-corrected chi connectivity index (χ3v) is 8.04. The number of nitrogens with one attached hydrogen (secondary N) is 2. The lowest BCUT2D eigenvalue weighted by molar-refractivity contribution is -0.142. The van der Waals surface area contributed by atoms with Gasteiger partial charge in [0.1, 0.15) is 5.54 Å². The predicted molar refractivity (Wildman–Crippen MR) is 137 cm³/mol. The van der Waals surface area contributed by atoms with E-state index in [4.69, 9.17) is 0 Å². The van der Waals surface area contributed by atoms with E-state index < -0.39 is 17.4 Å². The Bertz CT molecular complexity index is 1340. The van der Waals surface area contributed by atoms with Crippen LogP contribution >= 0.6 is 0 Å². The normalized spacial score (nSPS) is 26.4. The maximum absolute atomic E-state index is 14.0. The summed E-state index contributed by atoms with van der Waals surface area (Å²) in [4.78, 5) is 42.9. The zero-order chi connectivity index (χ0) is 24.9. The number of carbonyl (C=O) groups is 3. The van der Waals surface area contributed by atoms with Gasteiger partial charge in [0, 0.05) is 23.8 Å². The van der Waals surface area contributed by atoms with Gasteiger partial charge in [-0.25, -0.2) is 0 Å². The van der Waals surface area contributed by atoms with Crippen LogP contribution in [0.2, 0.25) is 0 Å². The number of anilines is 1.